The summed E-state index contributed by atoms with van der Waals surface area (Å²) in [6.07, 6.45) is 2.63. The first-order chi connectivity index (χ1) is 12.9. The van der Waals surface area contributed by atoms with Crippen molar-refractivity contribution in [2.45, 2.75) is 19.1 Å². The Balaban J connectivity index is 1.80. The number of halogens is 2. The topological polar surface area (TPSA) is 56.1 Å². The van der Waals surface area contributed by atoms with Crippen molar-refractivity contribution in [1.29, 1.82) is 0 Å². The van der Waals surface area contributed by atoms with Gasteiger partial charge in [-0.25, -0.2) is 9.37 Å². The van der Waals surface area contributed by atoms with E-state index in [-0.39, 0.29) is 11.7 Å². The predicted octanol–water partition coefficient (Wildman–Crippen LogP) is 3.89. The number of nitrogens with zero attached hydrogens (tertiary/aromatic N) is 2. The molecule has 2 atom stereocenters. The Hall–Kier alpha value is -2.86. The predicted molar refractivity (Wildman–Crippen MR) is 101 cm³/mol. The summed E-state index contributed by atoms with van der Waals surface area (Å²) in [5.41, 5.74) is 0.594. The molecule has 0 fully saturated rings. The summed E-state index contributed by atoms with van der Waals surface area (Å²) in [6.45, 7) is 1.64. The van der Waals surface area contributed by atoms with Crippen LogP contribution in [0.15, 0.2) is 60.9 Å². The molecule has 5 nitrogen and oxygen atoms in total. The Morgan fingerprint density at radius 2 is 2.00 bits per heavy atom. The fourth-order valence-electron chi connectivity index (χ4n) is 2.67. The molecule has 0 aliphatic carbocycles. The second-order valence-electron chi connectivity index (χ2n) is 6.11. The van der Waals surface area contributed by atoms with E-state index in [2.05, 4.69) is 10.3 Å². The summed E-state index contributed by atoms with van der Waals surface area (Å²) < 4.78 is 21.2. The van der Waals surface area contributed by atoms with Gasteiger partial charge in [-0.05, 0) is 48.9 Å². The number of hydrogen-bond acceptors (Lipinski definition) is 3. The molecule has 0 radical (unpaired) electrons. The van der Waals surface area contributed by atoms with Crippen LogP contribution in [0.3, 0.4) is 0 Å². The molecule has 0 saturated carbocycles. The van der Waals surface area contributed by atoms with Crippen molar-refractivity contribution in [1.82, 2.24) is 14.9 Å². The molecule has 1 N–H and O–H groups in total. The van der Waals surface area contributed by atoms with Crippen LogP contribution in [0.2, 0.25) is 5.02 Å². The number of aromatic nitrogens is 2. The lowest BCUT2D eigenvalue weighted by Crippen LogP contribution is -2.39. The van der Waals surface area contributed by atoms with Gasteiger partial charge in [0.1, 0.15) is 23.4 Å². The minimum absolute atomic E-state index is 0.345. The molecule has 2 aromatic carbocycles. The van der Waals surface area contributed by atoms with Crippen LogP contribution in [0.1, 0.15) is 24.4 Å². The van der Waals surface area contributed by atoms with Crippen molar-refractivity contribution in [3.63, 3.8) is 0 Å². The molecule has 0 saturated heterocycles. The standard InChI is InChI=1S/C20H19ClFN3O2/c1-13(27-17-8-6-15(21)7-9-17)20(26)24-18(19-23-10-11-25(19)2)14-4-3-5-16(22)12-14/h3-13,18H,1-2H3,(H,24,26)/t13-,18-/m1/s1. The molecule has 1 heterocycles. The van der Waals surface area contributed by atoms with E-state index >= 15 is 0 Å². The maximum Gasteiger partial charge on any atom is 0.261 e. The Kier molecular flexibility index (Phi) is 5.76. The molecular formula is C20H19ClFN3O2. The van der Waals surface area contributed by atoms with Crippen molar-refractivity contribution in [3.05, 3.63) is 83.2 Å². The van der Waals surface area contributed by atoms with Gasteiger partial charge in [-0.2, -0.15) is 0 Å². The van der Waals surface area contributed by atoms with E-state index < -0.39 is 12.1 Å². The highest BCUT2D eigenvalue weighted by molar-refractivity contribution is 6.30. The fourth-order valence-corrected chi connectivity index (χ4v) is 2.79. The van der Waals surface area contributed by atoms with Crippen LogP contribution in [0.25, 0.3) is 0 Å². The summed E-state index contributed by atoms with van der Waals surface area (Å²) >= 11 is 5.86. The highest BCUT2D eigenvalue weighted by Crippen LogP contribution is 2.22. The number of imidazole rings is 1. The quantitative estimate of drug-likeness (QED) is 0.698. The van der Waals surface area contributed by atoms with Gasteiger partial charge in [-0.3, -0.25) is 4.79 Å². The molecule has 0 aliphatic heterocycles. The van der Waals surface area contributed by atoms with E-state index in [1.807, 2.05) is 7.05 Å². The third-order valence-electron chi connectivity index (χ3n) is 4.08. The van der Waals surface area contributed by atoms with E-state index in [0.29, 0.717) is 22.2 Å². The van der Waals surface area contributed by atoms with Gasteiger partial charge in [0.15, 0.2) is 6.10 Å². The first-order valence-corrected chi connectivity index (χ1v) is 8.77. The molecule has 0 aliphatic rings. The molecule has 0 bridgehead atoms. The van der Waals surface area contributed by atoms with Gasteiger partial charge < -0.3 is 14.6 Å². The molecule has 0 unspecified atom stereocenters. The highest BCUT2D eigenvalue weighted by atomic mass is 35.5. The SMILES string of the molecule is C[C@@H](Oc1ccc(Cl)cc1)C(=O)N[C@H](c1cccc(F)c1)c1nccn1C. The number of hydrogen-bond donors (Lipinski definition) is 1. The Labute approximate surface area is 161 Å². The number of carbonyl (C=O) groups is 1. The van der Waals surface area contributed by atoms with E-state index in [4.69, 9.17) is 16.3 Å². The van der Waals surface area contributed by atoms with Crippen LogP contribution < -0.4 is 10.1 Å². The van der Waals surface area contributed by atoms with E-state index in [0.717, 1.165) is 0 Å². The minimum Gasteiger partial charge on any atom is -0.481 e. The second-order valence-corrected chi connectivity index (χ2v) is 6.54. The molecule has 7 heteroatoms. The summed E-state index contributed by atoms with van der Waals surface area (Å²) in [7, 11) is 1.81. The zero-order valence-corrected chi connectivity index (χ0v) is 15.7. The summed E-state index contributed by atoms with van der Waals surface area (Å²) in [4.78, 5) is 17.0. The van der Waals surface area contributed by atoms with Gasteiger partial charge >= 0.3 is 0 Å². The average Bonchev–Trinajstić information content (AvgIpc) is 3.07. The zero-order valence-electron chi connectivity index (χ0n) is 14.9. The Morgan fingerprint density at radius 1 is 1.26 bits per heavy atom. The van der Waals surface area contributed by atoms with Crippen LogP contribution in [-0.4, -0.2) is 21.6 Å². The molecule has 1 amide bonds. The van der Waals surface area contributed by atoms with Gasteiger partial charge in [0.25, 0.3) is 5.91 Å². The van der Waals surface area contributed by atoms with Crippen molar-refractivity contribution in [3.8, 4) is 5.75 Å². The largest absolute Gasteiger partial charge is 0.481 e. The number of ether oxygens (including phenoxy) is 1. The van der Waals surface area contributed by atoms with Gasteiger partial charge in [0.05, 0.1) is 0 Å². The van der Waals surface area contributed by atoms with Crippen LogP contribution in [-0.2, 0) is 11.8 Å². The smallest absolute Gasteiger partial charge is 0.261 e. The zero-order chi connectivity index (χ0) is 19.4. The lowest BCUT2D eigenvalue weighted by Gasteiger charge is -2.22. The third-order valence-corrected chi connectivity index (χ3v) is 4.33. The number of carbonyl (C=O) groups excluding carboxylic acids is 1. The summed E-state index contributed by atoms with van der Waals surface area (Å²) in [5, 5.41) is 3.48. The van der Waals surface area contributed by atoms with Crippen LogP contribution in [0.5, 0.6) is 5.75 Å². The van der Waals surface area contributed by atoms with Crippen molar-refractivity contribution >= 4 is 17.5 Å². The molecular weight excluding hydrogens is 369 g/mol. The number of nitrogens with one attached hydrogen (secondary N) is 1. The maximum atomic E-state index is 13.7. The van der Waals surface area contributed by atoms with Crippen molar-refractivity contribution < 1.29 is 13.9 Å². The van der Waals surface area contributed by atoms with Gasteiger partial charge in [0.2, 0.25) is 0 Å². The van der Waals surface area contributed by atoms with Gasteiger partial charge in [-0.1, -0.05) is 23.7 Å². The number of rotatable bonds is 6. The lowest BCUT2D eigenvalue weighted by atomic mass is 10.1. The number of amides is 1. The van der Waals surface area contributed by atoms with E-state index in [1.54, 1.807) is 60.3 Å². The monoisotopic (exact) mass is 387 g/mol. The maximum absolute atomic E-state index is 13.7. The van der Waals surface area contributed by atoms with Crippen LogP contribution >= 0.6 is 11.6 Å². The molecule has 1 aromatic heterocycles. The Morgan fingerprint density at radius 3 is 2.63 bits per heavy atom. The molecule has 3 aromatic rings. The molecule has 0 spiro atoms. The second kappa shape index (κ2) is 8.22. The summed E-state index contributed by atoms with van der Waals surface area (Å²) in [5.74, 6) is 0.391. The van der Waals surface area contributed by atoms with Crippen LogP contribution in [0.4, 0.5) is 4.39 Å². The van der Waals surface area contributed by atoms with E-state index in [1.165, 1.54) is 12.1 Å². The lowest BCUT2D eigenvalue weighted by molar-refractivity contribution is -0.127. The van der Waals surface area contributed by atoms with E-state index in [9.17, 15) is 9.18 Å². The highest BCUT2D eigenvalue weighted by Gasteiger charge is 2.24. The van der Waals surface area contributed by atoms with Crippen molar-refractivity contribution in [2.24, 2.45) is 7.05 Å². The summed E-state index contributed by atoms with van der Waals surface area (Å²) in [6, 6.07) is 12.2. The molecule has 27 heavy (non-hydrogen) atoms. The van der Waals surface area contributed by atoms with Gasteiger partial charge in [-0.15, -0.1) is 0 Å². The molecule has 3 rings (SSSR count). The normalized spacial score (nSPS) is 13.0. The third kappa shape index (κ3) is 4.65. The number of aryl methyl sites for hydroxylation is 1. The first-order valence-electron chi connectivity index (χ1n) is 8.39. The molecule has 140 valence electrons. The van der Waals surface area contributed by atoms with Crippen molar-refractivity contribution in [2.75, 3.05) is 0 Å². The average molecular weight is 388 g/mol. The minimum atomic E-state index is -0.762. The van der Waals surface area contributed by atoms with Gasteiger partial charge in [0, 0.05) is 24.5 Å². The Bertz CT molecular complexity index is 927. The van der Waals surface area contributed by atoms with Crippen LogP contribution in [0, 0.1) is 5.82 Å². The fraction of sp³-hybridized carbons (Fsp3) is 0.200. The first kappa shape index (κ1) is 18.9. The number of benzene rings is 2.